The maximum Gasteiger partial charge on any atom is 0.224 e. The Kier molecular flexibility index (Phi) is 10.5. The largest absolute Gasteiger partial charge is 0.392 e. The van der Waals surface area contributed by atoms with Gasteiger partial charge in [0.2, 0.25) is 11.8 Å². The van der Waals surface area contributed by atoms with Gasteiger partial charge in [-0.15, -0.1) is 0 Å². The van der Waals surface area contributed by atoms with E-state index in [9.17, 15) is 14.7 Å². The SMILES string of the molecule is CC(=O)NCCCCCC(=O)Nc1ccc(C2OC(CN3CC4(C)CC3CC(C)(C)C4)CC(c3ccc(CO)cc3)O2)cc1. The van der Waals surface area contributed by atoms with Crippen LogP contribution in [0.25, 0.3) is 0 Å². The lowest BCUT2D eigenvalue weighted by Crippen LogP contribution is -2.42. The van der Waals surface area contributed by atoms with E-state index in [-0.39, 0.29) is 30.6 Å². The number of aliphatic hydroxyl groups is 1. The predicted molar refractivity (Wildman–Crippen MR) is 172 cm³/mol. The fraction of sp³-hybridized carbons (Fsp3) is 0.611. The zero-order chi connectivity index (χ0) is 31.3. The van der Waals surface area contributed by atoms with Crippen molar-refractivity contribution in [1.29, 1.82) is 0 Å². The lowest BCUT2D eigenvalue weighted by Gasteiger charge is -2.41. The summed E-state index contributed by atoms with van der Waals surface area (Å²) in [6, 6.07) is 16.4. The molecule has 0 aromatic heterocycles. The Morgan fingerprint density at radius 1 is 0.955 bits per heavy atom. The first-order valence-electron chi connectivity index (χ1n) is 16.4. The zero-order valence-electron chi connectivity index (χ0n) is 26.9. The van der Waals surface area contributed by atoms with Crippen molar-refractivity contribution in [3.63, 3.8) is 0 Å². The first-order valence-corrected chi connectivity index (χ1v) is 16.4. The van der Waals surface area contributed by atoms with E-state index in [0.717, 1.165) is 61.2 Å². The number of fused-ring (bicyclic) bond motifs is 2. The molecule has 2 bridgehead atoms. The molecule has 8 nitrogen and oxygen atoms in total. The minimum Gasteiger partial charge on any atom is -0.392 e. The molecule has 240 valence electrons. The van der Waals surface area contributed by atoms with Crippen molar-refractivity contribution in [2.24, 2.45) is 10.8 Å². The van der Waals surface area contributed by atoms with Gasteiger partial charge in [0.25, 0.3) is 0 Å². The van der Waals surface area contributed by atoms with Gasteiger partial charge >= 0.3 is 0 Å². The maximum absolute atomic E-state index is 12.5. The van der Waals surface area contributed by atoms with Crippen molar-refractivity contribution >= 4 is 17.5 Å². The second-order valence-electron chi connectivity index (χ2n) is 14.5. The van der Waals surface area contributed by atoms with Gasteiger partial charge in [0, 0.05) is 56.7 Å². The van der Waals surface area contributed by atoms with Crippen molar-refractivity contribution in [1.82, 2.24) is 10.2 Å². The van der Waals surface area contributed by atoms with E-state index in [2.05, 4.69) is 48.4 Å². The van der Waals surface area contributed by atoms with Gasteiger partial charge in [0.05, 0.1) is 18.8 Å². The summed E-state index contributed by atoms with van der Waals surface area (Å²) in [6.45, 7) is 11.5. The smallest absolute Gasteiger partial charge is 0.224 e. The number of nitrogens with one attached hydrogen (secondary N) is 2. The van der Waals surface area contributed by atoms with Gasteiger partial charge in [0.1, 0.15) is 0 Å². The molecule has 5 rings (SSSR count). The summed E-state index contributed by atoms with van der Waals surface area (Å²) in [5.41, 5.74) is 4.39. The van der Waals surface area contributed by atoms with Crippen LogP contribution < -0.4 is 10.6 Å². The molecule has 5 atom stereocenters. The molecule has 3 fully saturated rings. The summed E-state index contributed by atoms with van der Waals surface area (Å²) in [4.78, 5) is 26.1. The number of likely N-dealkylation sites (tertiary alicyclic amines) is 1. The molecule has 2 heterocycles. The number of carbonyl (C=O) groups is 2. The van der Waals surface area contributed by atoms with E-state index in [4.69, 9.17) is 9.47 Å². The minimum atomic E-state index is -0.515. The van der Waals surface area contributed by atoms with E-state index in [1.807, 2.05) is 36.4 Å². The van der Waals surface area contributed by atoms with Crippen LogP contribution in [0.3, 0.4) is 0 Å². The van der Waals surface area contributed by atoms with Gasteiger partial charge in [-0.2, -0.15) is 0 Å². The molecule has 3 aliphatic rings. The number of anilines is 1. The topological polar surface area (TPSA) is 100 Å². The Bertz CT molecular complexity index is 1260. The molecule has 44 heavy (non-hydrogen) atoms. The Labute approximate surface area is 262 Å². The summed E-state index contributed by atoms with van der Waals surface area (Å²) in [7, 11) is 0. The fourth-order valence-electron chi connectivity index (χ4n) is 7.88. The Balaban J connectivity index is 1.22. The van der Waals surface area contributed by atoms with Crippen LogP contribution in [0.15, 0.2) is 48.5 Å². The molecular formula is C36H51N3O5. The van der Waals surface area contributed by atoms with E-state index >= 15 is 0 Å². The molecule has 2 saturated heterocycles. The Hall–Kier alpha value is -2.78. The molecular weight excluding hydrogens is 554 g/mol. The predicted octanol–water partition coefficient (Wildman–Crippen LogP) is 6.26. The van der Waals surface area contributed by atoms with Crippen LogP contribution in [-0.4, -0.2) is 53.6 Å². The Morgan fingerprint density at radius 3 is 2.39 bits per heavy atom. The van der Waals surface area contributed by atoms with Crippen molar-refractivity contribution < 1.29 is 24.2 Å². The molecule has 2 aliphatic heterocycles. The van der Waals surface area contributed by atoms with Crippen LogP contribution >= 0.6 is 0 Å². The molecule has 8 heteroatoms. The molecule has 0 spiro atoms. The lowest BCUT2D eigenvalue weighted by molar-refractivity contribution is -0.253. The summed E-state index contributed by atoms with van der Waals surface area (Å²) in [5.74, 6) is -0.0353. The van der Waals surface area contributed by atoms with E-state index in [0.29, 0.717) is 29.8 Å². The minimum absolute atomic E-state index is 0.0124. The second kappa shape index (κ2) is 14.1. The first kappa shape index (κ1) is 32.6. The highest BCUT2D eigenvalue weighted by molar-refractivity contribution is 5.90. The molecule has 2 amide bonds. The number of ether oxygens (including phenoxy) is 2. The van der Waals surface area contributed by atoms with E-state index in [1.165, 1.54) is 26.2 Å². The highest BCUT2D eigenvalue weighted by Gasteiger charge is 2.50. The van der Waals surface area contributed by atoms with Crippen LogP contribution in [0.5, 0.6) is 0 Å². The number of aliphatic hydroxyl groups excluding tert-OH is 1. The van der Waals surface area contributed by atoms with Crippen molar-refractivity contribution in [2.45, 2.75) is 110 Å². The van der Waals surface area contributed by atoms with Gasteiger partial charge in [-0.3, -0.25) is 14.5 Å². The van der Waals surface area contributed by atoms with Gasteiger partial charge < -0.3 is 25.2 Å². The molecule has 0 radical (unpaired) electrons. The second-order valence-corrected chi connectivity index (χ2v) is 14.5. The number of nitrogens with zero attached hydrogens (tertiary/aromatic N) is 1. The zero-order valence-corrected chi connectivity index (χ0v) is 26.9. The van der Waals surface area contributed by atoms with E-state index in [1.54, 1.807) is 0 Å². The van der Waals surface area contributed by atoms with Crippen molar-refractivity contribution in [3.05, 3.63) is 65.2 Å². The normalized spacial score (nSPS) is 28.0. The number of amides is 2. The van der Waals surface area contributed by atoms with Gasteiger partial charge in [0.15, 0.2) is 6.29 Å². The van der Waals surface area contributed by atoms with Gasteiger partial charge in [-0.1, -0.05) is 63.6 Å². The molecule has 1 saturated carbocycles. The van der Waals surface area contributed by atoms with Crippen molar-refractivity contribution in [3.8, 4) is 0 Å². The highest BCUT2D eigenvalue weighted by Crippen LogP contribution is 2.53. The number of rotatable bonds is 12. The van der Waals surface area contributed by atoms with Gasteiger partial charge in [-0.25, -0.2) is 0 Å². The van der Waals surface area contributed by atoms with E-state index < -0.39 is 6.29 Å². The third-order valence-electron chi connectivity index (χ3n) is 9.50. The fourth-order valence-corrected chi connectivity index (χ4v) is 7.88. The number of carbonyl (C=O) groups excluding carboxylic acids is 2. The number of hydrogen-bond acceptors (Lipinski definition) is 6. The van der Waals surface area contributed by atoms with Crippen LogP contribution in [0.2, 0.25) is 0 Å². The number of unbranched alkanes of at least 4 members (excludes halogenated alkanes) is 2. The standard InChI is InChI=1S/C36H51N3O5/c1-25(41)37-17-7-5-6-8-33(42)38-29-15-13-28(14-16-29)34-43-31(18-32(44-34)27-11-9-26(22-40)10-12-27)21-39-24-36(4)20-30(39)19-35(2,3)23-36/h9-16,30-32,34,40H,5-8,17-24H2,1-4H3,(H,37,41)(H,38,42). The highest BCUT2D eigenvalue weighted by atomic mass is 16.7. The van der Waals surface area contributed by atoms with Gasteiger partial charge in [-0.05, 0) is 66.2 Å². The molecule has 1 aliphatic carbocycles. The summed E-state index contributed by atoms with van der Waals surface area (Å²) >= 11 is 0. The lowest BCUT2D eigenvalue weighted by atomic mass is 9.65. The van der Waals surface area contributed by atoms with Crippen LogP contribution in [0.1, 0.15) is 108 Å². The van der Waals surface area contributed by atoms with Crippen LogP contribution in [0, 0.1) is 10.8 Å². The maximum atomic E-state index is 12.5. The average molecular weight is 606 g/mol. The monoisotopic (exact) mass is 605 g/mol. The molecule has 2 aromatic rings. The third kappa shape index (κ3) is 8.68. The quantitative estimate of drug-likeness (QED) is 0.247. The van der Waals surface area contributed by atoms with Crippen LogP contribution in [-0.2, 0) is 25.7 Å². The number of benzene rings is 2. The van der Waals surface area contributed by atoms with Crippen LogP contribution in [0.4, 0.5) is 5.69 Å². The summed E-state index contributed by atoms with van der Waals surface area (Å²) in [6.07, 6.45) is 6.91. The molecule has 3 N–H and O–H groups in total. The average Bonchev–Trinajstić information content (AvgIpc) is 3.21. The third-order valence-corrected chi connectivity index (χ3v) is 9.50. The molecule has 2 aromatic carbocycles. The number of hydrogen-bond donors (Lipinski definition) is 3. The molecule has 5 unspecified atom stereocenters. The van der Waals surface area contributed by atoms with Crippen molar-refractivity contribution in [2.75, 3.05) is 25.0 Å². The summed E-state index contributed by atoms with van der Waals surface area (Å²) < 4.78 is 13.2. The summed E-state index contributed by atoms with van der Waals surface area (Å²) in [5, 5.41) is 15.3. The Morgan fingerprint density at radius 2 is 1.68 bits per heavy atom. The first-order chi connectivity index (χ1) is 21.0.